The molecule has 1 aromatic rings. The van der Waals surface area contributed by atoms with Crippen molar-refractivity contribution in [3.63, 3.8) is 0 Å². The molecule has 0 saturated heterocycles. The number of carbonyl (C=O) groups excluding carboxylic acids is 1. The van der Waals surface area contributed by atoms with Gasteiger partial charge < -0.3 is 9.84 Å². The standard InChI is InChI=1S/C10H7ClFNO4/c11-5-1-2-7-6(3-5)13(8(14)4-17-7)9(12)10(15)16/h1-3,9H,4H2,(H,15,16). The van der Waals surface area contributed by atoms with Crippen LogP contribution in [-0.4, -0.2) is 29.9 Å². The Morgan fingerprint density at radius 1 is 1.59 bits per heavy atom. The fourth-order valence-electron chi connectivity index (χ4n) is 1.50. The lowest BCUT2D eigenvalue weighted by molar-refractivity contribution is -0.145. The number of hydrogen-bond donors (Lipinski definition) is 1. The van der Waals surface area contributed by atoms with Crippen LogP contribution >= 0.6 is 11.6 Å². The molecule has 1 atom stereocenters. The average molecular weight is 260 g/mol. The molecule has 2 rings (SSSR count). The number of hydrogen-bond acceptors (Lipinski definition) is 3. The number of carboxylic acids is 1. The first-order chi connectivity index (χ1) is 8.00. The number of carbonyl (C=O) groups is 2. The quantitative estimate of drug-likeness (QED) is 0.816. The van der Waals surface area contributed by atoms with Crippen LogP contribution in [0, 0.1) is 0 Å². The maximum Gasteiger partial charge on any atom is 0.360 e. The highest BCUT2D eigenvalue weighted by atomic mass is 35.5. The minimum absolute atomic E-state index is 0.0173. The van der Waals surface area contributed by atoms with Crippen LogP contribution in [-0.2, 0) is 9.59 Å². The van der Waals surface area contributed by atoms with E-state index >= 15 is 0 Å². The summed E-state index contributed by atoms with van der Waals surface area (Å²) in [5.74, 6) is -2.29. The van der Waals surface area contributed by atoms with Gasteiger partial charge in [0, 0.05) is 5.02 Å². The lowest BCUT2D eigenvalue weighted by Gasteiger charge is -2.30. The maximum atomic E-state index is 13.5. The van der Waals surface area contributed by atoms with Crippen LogP contribution in [0.15, 0.2) is 18.2 Å². The van der Waals surface area contributed by atoms with Crippen LogP contribution in [0.4, 0.5) is 10.1 Å². The summed E-state index contributed by atoms with van der Waals surface area (Å²) in [7, 11) is 0. The molecule has 5 nitrogen and oxygen atoms in total. The number of halogens is 2. The van der Waals surface area contributed by atoms with Gasteiger partial charge in [-0.15, -0.1) is 0 Å². The van der Waals surface area contributed by atoms with Gasteiger partial charge in [0.1, 0.15) is 5.75 Å². The molecular formula is C10H7ClFNO4. The molecule has 1 heterocycles. The van der Waals surface area contributed by atoms with E-state index in [4.69, 9.17) is 21.4 Å². The van der Waals surface area contributed by atoms with Crippen LogP contribution < -0.4 is 9.64 Å². The second-order valence-corrected chi connectivity index (χ2v) is 3.77. The first kappa shape index (κ1) is 11.7. The molecule has 17 heavy (non-hydrogen) atoms. The third kappa shape index (κ3) is 2.03. The summed E-state index contributed by atoms with van der Waals surface area (Å²) in [4.78, 5) is 22.6. The highest BCUT2D eigenvalue weighted by Crippen LogP contribution is 2.35. The molecule has 0 bridgehead atoms. The summed E-state index contributed by atoms with van der Waals surface area (Å²) < 4.78 is 18.5. The van der Waals surface area contributed by atoms with E-state index in [2.05, 4.69) is 0 Å². The van der Waals surface area contributed by atoms with Crippen molar-refractivity contribution in [3.8, 4) is 5.75 Å². The first-order valence-electron chi connectivity index (χ1n) is 4.62. The van der Waals surface area contributed by atoms with Crippen molar-refractivity contribution in [2.75, 3.05) is 11.5 Å². The molecule has 1 aliphatic heterocycles. The smallest absolute Gasteiger partial charge is 0.360 e. The second kappa shape index (κ2) is 4.21. The molecule has 0 fully saturated rings. The largest absolute Gasteiger partial charge is 0.482 e. The Morgan fingerprint density at radius 3 is 2.94 bits per heavy atom. The fraction of sp³-hybridized carbons (Fsp3) is 0.200. The summed E-state index contributed by atoms with van der Waals surface area (Å²) in [5.41, 5.74) is 0.0173. The van der Waals surface area contributed by atoms with Crippen molar-refractivity contribution in [1.29, 1.82) is 0 Å². The lowest BCUT2D eigenvalue weighted by atomic mass is 10.2. The van der Waals surface area contributed by atoms with Gasteiger partial charge in [-0.3, -0.25) is 9.69 Å². The molecule has 0 aromatic heterocycles. The van der Waals surface area contributed by atoms with Crippen molar-refractivity contribution in [3.05, 3.63) is 23.2 Å². The van der Waals surface area contributed by atoms with E-state index in [-0.39, 0.29) is 16.5 Å². The number of nitrogens with zero attached hydrogens (tertiary/aromatic N) is 1. The Morgan fingerprint density at radius 2 is 2.29 bits per heavy atom. The van der Waals surface area contributed by atoms with Crippen LogP contribution in [0.3, 0.4) is 0 Å². The zero-order valence-electron chi connectivity index (χ0n) is 8.39. The summed E-state index contributed by atoms with van der Waals surface area (Å²) in [5, 5.41) is 8.86. The van der Waals surface area contributed by atoms with E-state index in [1.807, 2.05) is 0 Å². The molecular weight excluding hydrogens is 253 g/mol. The van der Waals surface area contributed by atoms with Crippen LogP contribution in [0.1, 0.15) is 0 Å². The van der Waals surface area contributed by atoms with Crippen molar-refractivity contribution in [1.82, 2.24) is 0 Å². The zero-order valence-corrected chi connectivity index (χ0v) is 9.15. The number of rotatable bonds is 2. The molecule has 0 radical (unpaired) electrons. The number of fused-ring (bicyclic) bond motifs is 1. The van der Waals surface area contributed by atoms with E-state index in [1.165, 1.54) is 18.2 Å². The summed E-state index contributed by atoms with van der Waals surface area (Å²) >= 11 is 5.71. The highest BCUT2D eigenvalue weighted by Gasteiger charge is 2.35. The summed E-state index contributed by atoms with van der Waals surface area (Å²) in [6.07, 6.45) is -2.45. The monoisotopic (exact) mass is 259 g/mol. The van der Waals surface area contributed by atoms with Crippen LogP contribution in [0.25, 0.3) is 0 Å². The molecule has 1 unspecified atom stereocenters. The topological polar surface area (TPSA) is 66.8 Å². The van der Waals surface area contributed by atoms with E-state index in [1.54, 1.807) is 0 Å². The predicted molar refractivity (Wildman–Crippen MR) is 57.0 cm³/mol. The number of anilines is 1. The number of aliphatic carboxylic acids is 1. The van der Waals surface area contributed by atoms with Crippen LogP contribution in [0.2, 0.25) is 5.02 Å². The SMILES string of the molecule is O=C(O)C(F)N1C(=O)COc2ccc(Cl)cc21. The minimum Gasteiger partial charge on any atom is -0.482 e. The van der Waals surface area contributed by atoms with Gasteiger partial charge in [0.05, 0.1) is 5.69 Å². The molecule has 7 heteroatoms. The number of amides is 1. The Labute approximate surface area is 100 Å². The van der Waals surface area contributed by atoms with Gasteiger partial charge in [-0.25, -0.2) is 9.18 Å². The third-order valence-corrected chi connectivity index (χ3v) is 2.47. The van der Waals surface area contributed by atoms with Gasteiger partial charge in [0.2, 0.25) is 0 Å². The van der Waals surface area contributed by atoms with Crippen molar-refractivity contribution >= 4 is 29.2 Å². The minimum atomic E-state index is -2.45. The van der Waals surface area contributed by atoms with Gasteiger partial charge >= 0.3 is 5.97 Å². The van der Waals surface area contributed by atoms with Gasteiger partial charge in [-0.1, -0.05) is 11.6 Å². The first-order valence-corrected chi connectivity index (χ1v) is 5.00. The Hall–Kier alpha value is -1.82. The molecule has 90 valence electrons. The maximum absolute atomic E-state index is 13.5. The Balaban J connectivity index is 2.49. The summed E-state index contributed by atoms with van der Waals surface area (Å²) in [6, 6.07) is 4.23. The van der Waals surface area contributed by atoms with E-state index in [0.29, 0.717) is 4.90 Å². The van der Waals surface area contributed by atoms with Gasteiger partial charge in [0.15, 0.2) is 6.61 Å². The van der Waals surface area contributed by atoms with Gasteiger partial charge in [-0.2, -0.15) is 0 Å². The molecule has 1 N–H and O–H groups in total. The molecule has 1 aliphatic rings. The molecule has 1 aromatic carbocycles. The Kier molecular flexibility index (Phi) is 2.89. The van der Waals surface area contributed by atoms with Crippen LogP contribution in [0.5, 0.6) is 5.75 Å². The van der Waals surface area contributed by atoms with Crippen molar-refractivity contribution in [2.45, 2.75) is 6.30 Å². The molecule has 0 aliphatic carbocycles. The lowest BCUT2D eigenvalue weighted by Crippen LogP contribution is -2.47. The predicted octanol–water partition coefficient (Wildman–Crippen LogP) is 1.45. The third-order valence-electron chi connectivity index (χ3n) is 2.23. The highest BCUT2D eigenvalue weighted by molar-refractivity contribution is 6.31. The zero-order chi connectivity index (χ0) is 12.6. The molecule has 1 amide bonds. The van der Waals surface area contributed by atoms with Crippen molar-refractivity contribution in [2.24, 2.45) is 0 Å². The van der Waals surface area contributed by atoms with E-state index in [0.717, 1.165) is 0 Å². The fourth-order valence-corrected chi connectivity index (χ4v) is 1.67. The normalized spacial score (nSPS) is 16.1. The van der Waals surface area contributed by atoms with E-state index < -0.39 is 24.8 Å². The van der Waals surface area contributed by atoms with E-state index in [9.17, 15) is 14.0 Å². The summed E-state index contributed by atoms with van der Waals surface area (Å²) in [6.45, 7) is -0.400. The number of ether oxygens (including phenoxy) is 1. The van der Waals surface area contributed by atoms with Gasteiger partial charge in [-0.05, 0) is 18.2 Å². The number of carboxylic acid groups (broad SMARTS) is 1. The van der Waals surface area contributed by atoms with Crippen molar-refractivity contribution < 1.29 is 23.8 Å². The molecule has 0 spiro atoms. The second-order valence-electron chi connectivity index (χ2n) is 3.34. The number of alkyl halides is 1. The van der Waals surface area contributed by atoms with Gasteiger partial charge in [0.25, 0.3) is 12.2 Å². The number of benzene rings is 1. The Bertz CT molecular complexity index is 493. The molecule has 0 saturated carbocycles. The average Bonchev–Trinajstić information content (AvgIpc) is 2.27.